The average Bonchev–Trinajstić information content (AvgIpc) is 2.09. The molecule has 0 aliphatic carbocycles. The first-order valence-corrected chi connectivity index (χ1v) is 5.76. The van der Waals surface area contributed by atoms with Crippen molar-refractivity contribution < 1.29 is 4.79 Å². The highest BCUT2D eigenvalue weighted by Crippen LogP contribution is 2.12. The third-order valence-corrected chi connectivity index (χ3v) is 2.25. The van der Waals surface area contributed by atoms with Crippen LogP contribution in [0.25, 0.3) is 0 Å². The molecular weight excluding hydrogens is 174 g/mol. The Morgan fingerprint density at radius 2 is 1.64 bits per heavy atom. The summed E-state index contributed by atoms with van der Waals surface area (Å²) in [6.07, 6.45) is 6.23. The lowest BCUT2D eigenvalue weighted by Crippen LogP contribution is -2.35. The van der Waals surface area contributed by atoms with Crippen molar-refractivity contribution >= 4 is 5.91 Å². The van der Waals surface area contributed by atoms with Crippen LogP contribution in [-0.2, 0) is 4.79 Å². The fourth-order valence-electron chi connectivity index (χ4n) is 1.20. The predicted molar refractivity (Wildman–Crippen MR) is 61.2 cm³/mol. The molecule has 0 unspecified atom stereocenters. The molecule has 0 saturated carbocycles. The second kappa shape index (κ2) is 6.86. The largest absolute Gasteiger partial charge is 0.356 e. The SMILES string of the molecule is CCCCCCCNC(=O)C(C)(C)C. The second-order valence-corrected chi connectivity index (χ2v) is 4.92. The van der Waals surface area contributed by atoms with Crippen molar-refractivity contribution in [3.8, 4) is 0 Å². The molecule has 0 rings (SSSR count). The maximum absolute atomic E-state index is 11.4. The first kappa shape index (κ1) is 13.5. The minimum Gasteiger partial charge on any atom is -0.356 e. The van der Waals surface area contributed by atoms with E-state index in [-0.39, 0.29) is 11.3 Å². The molecule has 0 heterocycles. The molecule has 84 valence electrons. The summed E-state index contributed by atoms with van der Waals surface area (Å²) in [5.41, 5.74) is -0.247. The van der Waals surface area contributed by atoms with Crippen LogP contribution in [0, 0.1) is 5.41 Å². The molecule has 2 heteroatoms. The minimum atomic E-state index is -0.247. The maximum Gasteiger partial charge on any atom is 0.225 e. The lowest BCUT2D eigenvalue weighted by molar-refractivity contribution is -0.128. The highest BCUT2D eigenvalue weighted by Gasteiger charge is 2.19. The normalized spacial score (nSPS) is 11.4. The Morgan fingerprint density at radius 3 is 2.14 bits per heavy atom. The Morgan fingerprint density at radius 1 is 1.07 bits per heavy atom. The van der Waals surface area contributed by atoms with Gasteiger partial charge in [0.05, 0.1) is 0 Å². The number of hydrogen-bond donors (Lipinski definition) is 1. The van der Waals surface area contributed by atoms with Crippen molar-refractivity contribution in [2.75, 3.05) is 6.54 Å². The Kier molecular flexibility index (Phi) is 6.60. The molecule has 0 fully saturated rings. The molecule has 0 bridgehead atoms. The summed E-state index contributed by atoms with van der Waals surface area (Å²) in [6, 6.07) is 0. The van der Waals surface area contributed by atoms with Crippen molar-refractivity contribution in [2.45, 2.75) is 59.8 Å². The molecule has 0 radical (unpaired) electrons. The van der Waals surface area contributed by atoms with Gasteiger partial charge in [0.1, 0.15) is 0 Å². The van der Waals surface area contributed by atoms with Crippen LogP contribution in [0.4, 0.5) is 0 Å². The van der Waals surface area contributed by atoms with Crippen molar-refractivity contribution in [2.24, 2.45) is 5.41 Å². The molecule has 0 aliphatic rings. The first-order valence-electron chi connectivity index (χ1n) is 5.76. The van der Waals surface area contributed by atoms with Gasteiger partial charge in [0.25, 0.3) is 0 Å². The zero-order valence-corrected chi connectivity index (χ0v) is 10.2. The zero-order chi connectivity index (χ0) is 11.0. The van der Waals surface area contributed by atoms with Gasteiger partial charge in [-0.2, -0.15) is 0 Å². The van der Waals surface area contributed by atoms with Gasteiger partial charge in [-0.15, -0.1) is 0 Å². The molecule has 0 aromatic carbocycles. The van der Waals surface area contributed by atoms with E-state index in [0.29, 0.717) is 0 Å². The number of rotatable bonds is 6. The van der Waals surface area contributed by atoms with Crippen LogP contribution in [0.15, 0.2) is 0 Å². The molecule has 1 N–H and O–H groups in total. The average molecular weight is 199 g/mol. The number of unbranched alkanes of at least 4 members (excludes halogenated alkanes) is 4. The highest BCUT2D eigenvalue weighted by molar-refractivity contribution is 5.81. The van der Waals surface area contributed by atoms with Gasteiger partial charge in [-0.05, 0) is 6.42 Å². The lowest BCUT2D eigenvalue weighted by Gasteiger charge is -2.17. The minimum absolute atomic E-state index is 0.160. The number of carbonyl (C=O) groups is 1. The first-order chi connectivity index (χ1) is 6.48. The molecule has 0 spiro atoms. The van der Waals surface area contributed by atoms with Crippen LogP contribution in [0.2, 0.25) is 0 Å². The smallest absolute Gasteiger partial charge is 0.225 e. The molecule has 2 nitrogen and oxygen atoms in total. The molecule has 0 aromatic rings. The zero-order valence-electron chi connectivity index (χ0n) is 10.2. The Labute approximate surface area is 88.5 Å². The van der Waals surface area contributed by atoms with E-state index >= 15 is 0 Å². The van der Waals surface area contributed by atoms with Gasteiger partial charge in [-0.25, -0.2) is 0 Å². The number of amides is 1. The summed E-state index contributed by atoms with van der Waals surface area (Å²) >= 11 is 0. The van der Waals surface area contributed by atoms with Crippen molar-refractivity contribution in [1.82, 2.24) is 5.32 Å². The van der Waals surface area contributed by atoms with Gasteiger partial charge >= 0.3 is 0 Å². The van der Waals surface area contributed by atoms with E-state index < -0.39 is 0 Å². The maximum atomic E-state index is 11.4. The van der Waals surface area contributed by atoms with Crippen molar-refractivity contribution in [3.05, 3.63) is 0 Å². The monoisotopic (exact) mass is 199 g/mol. The van der Waals surface area contributed by atoms with Crippen LogP contribution >= 0.6 is 0 Å². The molecule has 0 saturated heterocycles. The molecular formula is C12H25NO. The van der Waals surface area contributed by atoms with Crippen LogP contribution < -0.4 is 5.32 Å². The summed E-state index contributed by atoms with van der Waals surface area (Å²) < 4.78 is 0. The van der Waals surface area contributed by atoms with Gasteiger partial charge in [0.2, 0.25) is 5.91 Å². The van der Waals surface area contributed by atoms with E-state index in [9.17, 15) is 4.79 Å². The quantitative estimate of drug-likeness (QED) is 0.654. The topological polar surface area (TPSA) is 29.1 Å². The number of hydrogen-bond acceptors (Lipinski definition) is 1. The second-order valence-electron chi connectivity index (χ2n) is 4.92. The van der Waals surface area contributed by atoms with E-state index in [4.69, 9.17) is 0 Å². The summed E-state index contributed by atoms with van der Waals surface area (Å²) in [5, 5.41) is 2.96. The van der Waals surface area contributed by atoms with Crippen molar-refractivity contribution in [3.63, 3.8) is 0 Å². The van der Waals surface area contributed by atoms with E-state index in [1.165, 1.54) is 25.7 Å². The lowest BCUT2D eigenvalue weighted by atomic mass is 9.96. The Balaban J connectivity index is 3.33. The van der Waals surface area contributed by atoms with Gasteiger partial charge < -0.3 is 5.32 Å². The third-order valence-electron chi connectivity index (χ3n) is 2.25. The van der Waals surface area contributed by atoms with Crippen LogP contribution in [-0.4, -0.2) is 12.5 Å². The van der Waals surface area contributed by atoms with Crippen molar-refractivity contribution in [1.29, 1.82) is 0 Å². The summed E-state index contributed by atoms with van der Waals surface area (Å²) in [6.45, 7) is 8.87. The van der Waals surface area contributed by atoms with E-state index in [1.807, 2.05) is 20.8 Å². The Hall–Kier alpha value is -0.530. The summed E-state index contributed by atoms with van der Waals surface area (Å²) in [4.78, 5) is 11.4. The highest BCUT2D eigenvalue weighted by atomic mass is 16.2. The van der Waals surface area contributed by atoms with Crippen LogP contribution in [0.3, 0.4) is 0 Å². The van der Waals surface area contributed by atoms with E-state index in [1.54, 1.807) is 0 Å². The Bertz CT molecular complexity index is 158. The fourth-order valence-corrected chi connectivity index (χ4v) is 1.20. The molecule has 0 aromatic heterocycles. The summed E-state index contributed by atoms with van der Waals surface area (Å²) in [7, 11) is 0. The predicted octanol–water partition coefficient (Wildman–Crippen LogP) is 3.12. The van der Waals surface area contributed by atoms with Crippen LogP contribution in [0.1, 0.15) is 59.8 Å². The van der Waals surface area contributed by atoms with E-state index in [0.717, 1.165) is 13.0 Å². The molecule has 0 atom stereocenters. The summed E-state index contributed by atoms with van der Waals surface area (Å²) in [5.74, 6) is 0.160. The van der Waals surface area contributed by atoms with Gasteiger partial charge in [0, 0.05) is 12.0 Å². The number of carbonyl (C=O) groups excluding carboxylic acids is 1. The van der Waals surface area contributed by atoms with E-state index in [2.05, 4.69) is 12.2 Å². The standard InChI is InChI=1S/C12H25NO/c1-5-6-7-8-9-10-13-11(14)12(2,3)4/h5-10H2,1-4H3,(H,13,14). The number of nitrogens with one attached hydrogen (secondary N) is 1. The fraction of sp³-hybridized carbons (Fsp3) is 0.917. The molecule has 1 amide bonds. The third kappa shape index (κ3) is 6.93. The van der Waals surface area contributed by atoms with Gasteiger partial charge in [-0.1, -0.05) is 53.4 Å². The molecule has 0 aliphatic heterocycles. The van der Waals surface area contributed by atoms with Gasteiger partial charge in [-0.3, -0.25) is 4.79 Å². The van der Waals surface area contributed by atoms with Crippen LogP contribution in [0.5, 0.6) is 0 Å². The van der Waals surface area contributed by atoms with Gasteiger partial charge in [0.15, 0.2) is 0 Å². The molecule has 14 heavy (non-hydrogen) atoms.